The van der Waals surface area contributed by atoms with Gasteiger partial charge in [-0.2, -0.15) is 0 Å². The van der Waals surface area contributed by atoms with Crippen molar-refractivity contribution in [1.82, 2.24) is 10.6 Å². The Hall–Kier alpha value is -3.35. The number of carbonyl (C=O) groups is 3. The number of rotatable bonds is 9. The minimum absolute atomic E-state index is 0.0244. The summed E-state index contributed by atoms with van der Waals surface area (Å²) in [4.78, 5) is 37.3. The molecule has 0 fully saturated rings. The Morgan fingerprint density at radius 2 is 1.61 bits per heavy atom. The van der Waals surface area contributed by atoms with Gasteiger partial charge in [-0.3, -0.25) is 9.59 Å². The predicted molar refractivity (Wildman–Crippen MR) is 107 cm³/mol. The molecule has 7 nitrogen and oxygen atoms in total. The Bertz CT molecular complexity index is 781. The molecule has 0 aromatic heterocycles. The van der Waals surface area contributed by atoms with Gasteiger partial charge in [-0.25, -0.2) is 4.79 Å². The van der Waals surface area contributed by atoms with Crippen molar-refractivity contribution in [3.63, 3.8) is 0 Å². The minimum Gasteiger partial charge on any atom is -0.481 e. The molecule has 2 aromatic carbocycles. The van der Waals surface area contributed by atoms with Crippen LogP contribution in [0.15, 0.2) is 60.7 Å². The van der Waals surface area contributed by atoms with E-state index in [1.807, 2.05) is 60.7 Å². The summed E-state index contributed by atoms with van der Waals surface area (Å²) in [6.07, 6.45) is 0.646. The van der Waals surface area contributed by atoms with Gasteiger partial charge in [0.15, 0.2) is 0 Å². The number of carbonyl (C=O) groups excluding carboxylic acids is 2. The molecule has 28 heavy (non-hydrogen) atoms. The molecule has 0 aliphatic rings. The highest BCUT2D eigenvalue weighted by Crippen LogP contribution is 2.14. The van der Waals surface area contributed by atoms with Gasteiger partial charge in [-0.15, -0.1) is 0 Å². The third kappa shape index (κ3) is 6.75. The van der Waals surface area contributed by atoms with E-state index in [0.29, 0.717) is 12.8 Å². The van der Waals surface area contributed by atoms with E-state index in [0.717, 1.165) is 11.3 Å². The second kappa shape index (κ2) is 10.7. The van der Waals surface area contributed by atoms with Gasteiger partial charge in [0.2, 0.25) is 5.91 Å². The van der Waals surface area contributed by atoms with E-state index >= 15 is 0 Å². The van der Waals surface area contributed by atoms with Crippen molar-refractivity contribution in [2.45, 2.75) is 25.3 Å². The monoisotopic (exact) mass is 383 g/mol. The number of para-hydroxylation sites is 1. The van der Waals surface area contributed by atoms with Crippen LogP contribution in [0.2, 0.25) is 0 Å². The third-order valence-corrected chi connectivity index (χ3v) is 4.21. The number of carboxylic acids is 1. The maximum atomic E-state index is 13.0. The number of likely N-dealkylation sites (N-methyl/N-ethyl adjacent to an activating group) is 1. The molecule has 2 rings (SSSR count). The third-order valence-electron chi connectivity index (χ3n) is 4.21. The van der Waals surface area contributed by atoms with Gasteiger partial charge in [0.25, 0.3) is 0 Å². The Kier molecular flexibility index (Phi) is 8.02. The fourth-order valence-corrected chi connectivity index (χ4v) is 2.71. The van der Waals surface area contributed by atoms with Crippen molar-refractivity contribution in [2.24, 2.45) is 0 Å². The van der Waals surface area contributed by atoms with E-state index < -0.39 is 18.0 Å². The van der Waals surface area contributed by atoms with Crippen molar-refractivity contribution < 1.29 is 19.5 Å². The molecule has 0 saturated heterocycles. The molecule has 3 N–H and O–H groups in total. The summed E-state index contributed by atoms with van der Waals surface area (Å²) in [7, 11) is 1.67. The van der Waals surface area contributed by atoms with Crippen LogP contribution in [0.3, 0.4) is 0 Å². The van der Waals surface area contributed by atoms with E-state index in [9.17, 15) is 14.4 Å². The van der Waals surface area contributed by atoms with Crippen molar-refractivity contribution in [2.75, 3.05) is 18.5 Å². The SMILES string of the molecule is CN(C(=O)[C@H](Cc1ccccc1)NC(=O)NCCCC(=O)O)c1ccccc1. The van der Waals surface area contributed by atoms with E-state index in [2.05, 4.69) is 10.6 Å². The maximum absolute atomic E-state index is 13.0. The number of hydrogen-bond donors (Lipinski definition) is 3. The van der Waals surface area contributed by atoms with Gasteiger partial charge in [0.05, 0.1) is 0 Å². The number of aliphatic carboxylic acids is 1. The lowest BCUT2D eigenvalue weighted by atomic mass is 10.0. The first kappa shape index (κ1) is 21.0. The second-order valence-corrected chi connectivity index (χ2v) is 6.37. The molecule has 0 spiro atoms. The average molecular weight is 383 g/mol. The number of hydrogen-bond acceptors (Lipinski definition) is 3. The maximum Gasteiger partial charge on any atom is 0.315 e. The Morgan fingerprint density at radius 1 is 1.00 bits per heavy atom. The summed E-state index contributed by atoms with van der Waals surface area (Å²) in [6, 6.07) is 17.4. The average Bonchev–Trinajstić information content (AvgIpc) is 2.71. The van der Waals surface area contributed by atoms with Gasteiger partial charge in [-0.05, 0) is 24.1 Å². The molecule has 0 radical (unpaired) electrons. The molecule has 2 aromatic rings. The molecular formula is C21H25N3O4. The number of nitrogens with one attached hydrogen (secondary N) is 2. The largest absolute Gasteiger partial charge is 0.481 e. The van der Waals surface area contributed by atoms with Crippen LogP contribution in [0.4, 0.5) is 10.5 Å². The second-order valence-electron chi connectivity index (χ2n) is 6.37. The predicted octanol–water partition coefficient (Wildman–Crippen LogP) is 2.42. The standard InChI is InChI=1S/C21H25N3O4/c1-24(17-11-6-3-7-12-17)20(27)18(15-16-9-4-2-5-10-16)23-21(28)22-14-8-13-19(25)26/h2-7,9-12,18H,8,13-15H2,1H3,(H,25,26)(H2,22,23,28)/t18-/m0/s1. The van der Waals surface area contributed by atoms with Crippen LogP contribution in [-0.2, 0) is 16.0 Å². The fourth-order valence-electron chi connectivity index (χ4n) is 2.71. The zero-order chi connectivity index (χ0) is 20.4. The van der Waals surface area contributed by atoms with Crippen LogP contribution >= 0.6 is 0 Å². The molecule has 0 heterocycles. The van der Waals surface area contributed by atoms with Crippen LogP contribution < -0.4 is 15.5 Å². The molecule has 3 amide bonds. The van der Waals surface area contributed by atoms with Gasteiger partial charge >= 0.3 is 12.0 Å². The smallest absolute Gasteiger partial charge is 0.315 e. The first-order valence-electron chi connectivity index (χ1n) is 9.10. The van der Waals surface area contributed by atoms with Gasteiger partial charge in [0.1, 0.15) is 6.04 Å². The topological polar surface area (TPSA) is 98.7 Å². The first-order chi connectivity index (χ1) is 13.5. The van der Waals surface area contributed by atoms with Crippen LogP contribution in [0, 0.1) is 0 Å². The fraction of sp³-hybridized carbons (Fsp3) is 0.286. The summed E-state index contributed by atoms with van der Waals surface area (Å²) in [5, 5.41) is 14.0. The van der Waals surface area contributed by atoms with E-state index in [1.54, 1.807) is 7.05 Å². The lowest BCUT2D eigenvalue weighted by Crippen LogP contribution is -2.51. The molecule has 7 heteroatoms. The van der Waals surface area contributed by atoms with Crippen LogP contribution in [-0.4, -0.2) is 42.6 Å². The quantitative estimate of drug-likeness (QED) is 0.579. The lowest BCUT2D eigenvalue weighted by Gasteiger charge is -2.25. The van der Waals surface area contributed by atoms with Crippen LogP contribution in [0.5, 0.6) is 0 Å². The highest BCUT2D eigenvalue weighted by molar-refractivity contribution is 5.98. The summed E-state index contributed by atoms with van der Waals surface area (Å²) in [5.74, 6) is -1.15. The molecule has 0 bridgehead atoms. The summed E-state index contributed by atoms with van der Waals surface area (Å²) < 4.78 is 0. The number of urea groups is 1. The summed E-state index contributed by atoms with van der Waals surface area (Å²) in [6.45, 7) is 0.221. The van der Waals surface area contributed by atoms with Gasteiger partial charge < -0.3 is 20.6 Å². The molecular weight excluding hydrogens is 358 g/mol. The van der Waals surface area contributed by atoms with Gasteiger partial charge in [0, 0.05) is 32.1 Å². The minimum atomic E-state index is -0.913. The van der Waals surface area contributed by atoms with Crippen molar-refractivity contribution in [3.05, 3.63) is 66.2 Å². The Labute approximate surface area is 164 Å². The molecule has 0 aliphatic carbocycles. The molecule has 0 saturated carbocycles. The first-order valence-corrected chi connectivity index (χ1v) is 9.10. The van der Waals surface area contributed by atoms with E-state index in [1.165, 1.54) is 4.90 Å². The van der Waals surface area contributed by atoms with E-state index in [4.69, 9.17) is 5.11 Å². The number of anilines is 1. The molecule has 0 aliphatic heterocycles. The zero-order valence-electron chi connectivity index (χ0n) is 15.8. The number of benzene rings is 2. The van der Waals surface area contributed by atoms with Crippen LogP contribution in [0.25, 0.3) is 0 Å². The van der Waals surface area contributed by atoms with E-state index in [-0.39, 0.29) is 18.9 Å². The number of carboxylic acid groups (broad SMARTS) is 1. The van der Waals surface area contributed by atoms with Crippen LogP contribution in [0.1, 0.15) is 18.4 Å². The molecule has 1 atom stereocenters. The highest BCUT2D eigenvalue weighted by Gasteiger charge is 2.25. The summed E-state index contributed by atoms with van der Waals surface area (Å²) in [5.41, 5.74) is 1.66. The van der Waals surface area contributed by atoms with Crippen molar-refractivity contribution >= 4 is 23.6 Å². The normalized spacial score (nSPS) is 11.3. The highest BCUT2D eigenvalue weighted by atomic mass is 16.4. The number of amides is 3. The zero-order valence-corrected chi connectivity index (χ0v) is 15.8. The molecule has 148 valence electrons. The lowest BCUT2D eigenvalue weighted by molar-refractivity contribution is -0.137. The van der Waals surface area contributed by atoms with Crippen molar-refractivity contribution in [1.29, 1.82) is 0 Å². The summed E-state index contributed by atoms with van der Waals surface area (Å²) >= 11 is 0. The number of nitrogens with zero attached hydrogens (tertiary/aromatic N) is 1. The molecule has 0 unspecified atom stereocenters. The van der Waals surface area contributed by atoms with Gasteiger partial charge in [-0.1, -0.05) is 48.5 Å². The Morgan fingerprint density at radius 3 is 2.21 bits per heavy atom. The Balaban J connectivity index is 2.05. The van der Waals surface area contributed by atoms with Crippen molar-refractivity contribution in [3.8, 4) is 0 Å².